The van der Waals surface area contributed by atoms with Crippen molar-refractivity contribution in [2.24, 2.45) is 0 Å². The number of rotatable bonds is 4. The van der Waals surface area contributed by atoms with Crippen LogP contribution in [0.1, 0.15) is 5.56 Å². The Kier molecular flexibility index (Phi) is 4.25. The number of fused-ring (bicyclic) bond motifs is 1. The fourth-order valence-corrected chi connectivity index (χ4v) is 3.24. The highest BCUT2D eigenvalue weighted by Gasteiger charge is 2.20. The molecule has 0 saturated carbocycles. The molecule has 6 nitrogen and oxygen atoms in total. The van der Waals surface area contributed by atoms with Gasteiger partial charge in [0, 0.05) is 17.6 Å². The minimum atomic E-state index is -3.69. The molecule has 0 saturated heterocycles. The zero-order valence-electron chi connectivity index (χ0n) is 11.9. The summed E-state index contributed by atoms with van der Waals surface area (Å²) >= 11 is 5.79. The van der Waals surface area contributed by atoms with Crippen LogP contribution >= 0.6 is 11.6 Å². The van der Waals surface area contributed by atoms with Gasteiger partial charge in [-0.1, -0.05) is 23.7 Å². The number of carbonyl (C=O) groups is 1. The van der Waals surface area contributed by atoms with Crippen LogP contribution < -0.4 is 14.8 Å². The molecule has 120 valence electrons. The number of hydrogen-bond donors (Lipinski definition) is 2. The number of halogens is 1. The molecule has 0 radical (unpaired) electrons. The van der Waals surface area contributed by atoms with Crippen molar-refractivity contribution in [3.63, 3.8) is 0 Å². The molecular formula is C15H13ClN2O4S. The number of sulfonamides is 1. The zero-order valence-corrected chi connectivity index (χ0v) is 13.4. The number of ether oxygens (including phenoxy) is 1. The molecule has 1 heterocycles. The smallest absolute Gasteiger partial charge is 0.262 e. The Morgan fingerprint density at radius 1 is 1.17 bits per heavy atom. The van der Waals surface area contributed by atoms with Crippen molar-refractivity contribution in [3.05, 3.63) is 53.1 Å². The second-order valence-electron chi connectivity index (χ2n) is 4.95. The lowest BCUT2D eigenvalue weighted by atomic mass is 10.2. The van der Waals surface area contributed by atoms with E-state index in [0.717, 1.165) is 5.56 Å². The third-order valence-corrected chi connectivity index (χ3v) is 4.93. The first-order chi connectivity index (χ1) is 10.9. The number of nitrogens with one attached hydrogen (secondary N) is 2. The van der Waals surface area contributed by atoms with Gasteiger partial charge in [-0.25, -0.2) is 13.1 Å². The van der Waals surface area contributed by atoms with Gasteiger partial charge < -0.3 is 10.1 Å². The van der Waals surface area contributed by atoms with Crippen LogP contribution in [-0.4, -0.2) is 20.9 Å². The third kappa shape index (κ3) is 3.64. The summed E-state index contributed by atoms with van der Waals surface area (Å²) in [4.78, 5) is 11.3. The number of hydrogen-bond acceptors (Lipinski definition) is 4. The molecule has 2 aromatic rings. The summed E-state index contributed by atoms with van der Waals surface area (Å²) in [6.45, 7) is 0.0168. The lowest BCUT2D eigenvalue weighted by molar-refractivity contribution is -0.118. The number of amides is 1. The van der Waals surface area contributed by atoms with E-state index in [9.17, 15) is 13.2 Å². The quantitative estimate of drug-likeness (QED) is 0.883. The van der Waals surface area contributed by atoms with Crippen molar-refractivity contribution in [3.8, 4) is 5.75 Å². The van der Waals surface area contributed by atoms with Gasteiger partial charge in [-0.15, -0.1) is 0 Å². The Morgan fingerprint density at radius 3 is 2.65 bits per heavy atom. The average Bonchev–Trinajstić information content (AvgIpc) is 2.54. The second-order valence-corrected chi connectivity index (χ2v) is 7.15. The Balaban J connectivity index is 1.77. The fraction of sp³-hybridized carbons (Fsp3) is 0.133. The van der Waals surface area contributed by atoms with Crippen molar-refractivity contribution in [2.75, 3.05) is 11.9 Å². The molecule has 0 bridgehead atoms. The van der Waals surface area contributed by atoms with Gasteiger partial charge in [0.2, 0.25) is 10.0 Å². The van der Waals surface area contributed by atoms with E-state index in [4.69, 9.17) is 16.3 Å². The number of carbonyl (C=O) groups excluding carboxylic acids is 1. The molecule has 1 amide bonds. The largest absolute Gasteiger partial charge is 0.482 e. The lowest BCUT2D eigenvalue weighted by Crippen LogP contribution is -2.26. The summed E-state index contributed by atoms with van der Waals surface area (Å²) in [5, 5.41) is 3.20. The van der Waals surface area contributed by atoms with Crippen LogP contribution in [0.3, 0.4) is 0 Å². The van der Waals surface area contributed by atoms with Crippen LogP contribution in [0.5, 0.6) is 5.75 Å². The molecular weight excluding hydrogens is 340 g/mol. The molecule has 3 rings (SSSR count). The van der Waals surface area contributed by atoms with E-state index >= 15 is 0 Å². The van der Waals surface area contributed by atoms with Gasteiger partial charge in [0.05, 0.1) is 10.6 Å². The first-order valence-corrected chi connectivity index (χ1v) is 8.61. The molecule has 0 aliphatic carbocycles. The molecule has 1 aliphatic heterocycles. The molecule has 0 atom stereocenters. The van der Waals surface area contributed by atoms with Crippen molar-refractivity contribution >= 4 is 33.2 Å². The van der Waals surface area contributed by atoms with Crippen LogP contribution in [-0.2, 0) is 21.4 Å². The van der Waals surface area contributed by atoms with Crippen molar-refractivity contribution < 1.29 is 17.9 Å². The molecule has 0 fully saturated rings. The van der Waals surface area contributed by atoms with Crippen molar-refractivity contribution in [1.82, 2.24) is 4.72 Å². The van der Waals surface area contributed by atoms with E-state index in [1.807, 2.05) is 0 Å². The predicted molar refractivity (Wildman–Crippen MR) is 86.0 cm³/mol. The van der Waals surface area contributed by atoms with Gasteiger partial charge in [0.25, 0.3) is 5.91 Å². The molecule has 8 heteroatoms. The van der Waals surface area contributed by atoms with Crippen LogP contribution in [0.15, 0.2) is 47.4 Å². The Bertz CT molecular complexity index is 850. The van der Waals surface area contributed by atoms with Gasteiger partial charge in [-0.3, -0.25) is 4.79 Å². The maximum atomic E-state index is 12.3. The third-order valence-electron chi connectivity index (χ3n) is 3.28. The van der Waals surface area contributed by atoms with E-state index in [0.29, 0.717) is 16.5 Å². The van der Waals surface area contributed by atoms with Gasteiger partial charge in [-0.05, 0) is 29.8 Å². The average molecular weight is 353 g/mol. The van der Waals surface area contributed by atoms with E-state index in [1.165, 1.54) is 18.2 Å². The number of anilines is 1. The predicted octanol–water partition coefficient (Wildman–Crippen LogP) is 2.15. The maximum Gasteiger partial charge on any atom is 0.262 e. The molecule has 1 aliphatic rings. The van der Waals surface area contributed by atoms with Gasteiger partial charge in [-0.2, -0.15) is 0 Å². The van der Waals surface area contributed by atoms with Gasteiger partial charge in [0.15, 0.2) is 6.61 Å². The molecule has 2 N–H and O–H groups in total. The van der Waals surface area contributed by atoms with Crippen molar-refractivity contribution in [2.45, 2.75) is 11.4 Å². The zero-order chi connectivity index (χ0) is 16.4. The minimum absolute atomic E-state index is 0.0707. The van der Waals surface area contributed by atoms with Crippen LogP contribution in [0.25, 0.3) is 0 Å². The summed E-state index contributed by atoms with van der Waals surface area (Å²) < 4.78 is 32.4. The fourth-order valence-electron chi connectivity index (χ4n) is 2.09. The standard InChI is InChI=1S/C15H13ClN2O4S/c16-11-3-1-10(2-4-11)8-17-23(20,21)12-5-6-13-14(7-12)22-9-15(19)18-13/h1-7,17H,8-9H2,(H,18,19). The first-order valence-electron chi connectivity index (χ1n) is 6.75. The highest BCUT2D eigenvalue weighted by atomic mass is 35.5. The second kappa shape index (κ2) is 6.19. The lowest BCUT2D eigenvalue weighted by Gasteiger charge is -2.18. The minimum Gasteiger partial charge on any atom is -0.482 e. The Labute approximate surface area is 138 Å². The molecule has 0 unspecified atom stereocenters. The van der Waals surface area contributed by atoms with Gasteiger partial charge >= 0.3 is 0 Å². The normalized spacial score (nSPS) is 13.9. The van der Waals surface area contributed by atoms with E-state index in [2.05, 4.69) is 10.0 Å². The molecule has 0 aromatic heterocycles. The van der Waals surface area contributed by atoms with Crippen LogP contribution in [0.4, 0.5) is 5.69 Å². The first kappa shape index (κ1) is 15.8. The van der Waals surface area contributed by atoms with E-state index < -0.39 is 10.0 Å². The topological polar surface area (TPSA) is 84.5 Å². The van der Waals surface area contributed by atoms with Crippen LogP contribution in [0, 0.1) is 0 Å². The van der Waals surface area contributed by atoms with E-state index in [1.54, 1.807) is 24.3 Å². The summed E-state index contributed by atoms with van der Waals surface area (Å²) in [6, 6.07) is 11.2. The van der Waals surface area contributed by atoms with Crippen LogP contribution in [0.2, 0.25) is 5.02 Å². The van der Waals surface area contributed by atoms with Gasteiger partial charge in [0.1, 0.15) is 5.75 Å². The monoisotopic (exact) mass is 352 g/mol. The summed E-state index contributed by atoms with van der Waals surface area (Å²) in [6.07, 6.45) is 0. The SMILES string of the molecule is O=C1COc2cc(S(=O)(=O)NCc3ccc(Cl)cc3)ccc2N1. The van der Waals surface area contributed by atoms with Crippen molar-refractivity contribution in [1.29, 1.82) is 0 Å². The molecule has 2 aromatic carbocycles. The number of benzene rings is 2. The van der Waals surface area contributed by atoms with E-state index in [-0.39, 0.29) is 24.0 Å². The highest BCUT2D eigenvalue weighted by Crippen LogP contribution is 2.30. The Morgan fingerprint density at radius 2 is 1.91 bits per heavy atom. The molecule has 23 heavy (non-hydrogen) atoms. The summed E-state index contributed by atoms with van der Waals surface area (Å²) in [5.74, 6) is 0.0629. The summed E-state index contributed by atoms with van der Waals surface area (Å²) in [7, 11) is -3.69. The molecule has 0 spiro atoms. The Hall–Kier alpha value is -2.09. The highest BCUT2D eigenvalue weighted by molar-refractivity contribution is 7.89. The summed E-state index contributed by atoms with van der Waals surface area (Å²) in [5.41, 5.74) is 1.25. The maximum absolute atomic E-state index is 12.3.